The second-order valence-corrected chi connectivity index (χ2v) is 9.26. The molecular formula is C24H29NO7S. The lowest BCUT2D eigenvalue weighted by atomic mass is 9.99. The van der Waals surface area contributed by atoms with E-state index in [-0.39, 0.29) is 29.6 Å². The van der Waals surface area contributed by atoms with Gasteiger partial charge in [-0.1, -0.05) is 29.9 Å². The highest BCUT2D eigenvalue weighted by Crippen LogP contribution is 2.40. The van der Waals surface area contributed by atoms with Crippen molar-refractivity contribution in [2.45, 2.75) is 20.3 Å². The van der Waals surface area contributed by atoms with E-state index in [1.54, 1.807) is 30.3 Å². The third-order valence-electron chi connectivity index (χ3n) is 4.47. The molecule has 0 bridgehead atoms. The van der Waals surface area contributed by atoms with Crippen LogP contribution in [0.15, 0.2) is 48.1 Å². The van der Waals surface area contributed by atoms with Crippen LogP contribution in [0.5, 0.6) is 17.2 Å². The van der Waals surface area contributed by atoms with Crippen LogP contribution in [0.3, 0.4) is 0 Å². The van der Waals surface area contributed by atoms with Crippen molar-refractivity contribution in [2.24, 2.45) is 0 Å². The van der Waals surface area contributed by atoms with E-state index in [1.807, 2.05) is 19.9 Å². The Hall–Kier alpha value is -3.30. The van der Waals surface area contributed by atoms with Crippen molar-refractivity contribution in [1.29, 1.82) is 0 Å². The number of benzene rings is 2. The molecule has 0 aliphatic rings. The number of sulfonamides is 1. The molecule has 0 unspecified atom stereocenters. The molecule has 8 nitrogen and oxygen atoms in total. The van der Waals surface area contributed by atoms with E-state index in [0.717, 1.165) is 11.8 Å². The number of anilines is 1. The lowest BCUT2D eigenvalue weighted by Crippen LogP contribution is -2.10. The van der Waals surface area contributed by atoms with E-state index >= 15 is 0 Å². The molecule has 9 heteroatoms. The van der Waals surface area contributed by atoms with Crippen LogP contribution >= 0.6 is 0 Å². The summed E-state index contributed by atoms with van der Waals surface area (Å²) in [6.45, 7) is 3.75. The summed E-state index contributed by atoms with van der Waals surface area (Å²) in [5.41, 5.74) is 2.76. The van der Waals surface area contributed by atoms with Gasteiger partial charge in [-0.2, -0.15) is 0 Å². The Morgan fingerprint density at radius 1 is 1.15 bits per heavy atom. The first-order valence-electron chi connectivity index (χ1n) is 10.0. The molecule has 0 amide bonds. The molecule has 2 N–H and O–H groups in total. The van der Waals surface area contributed by atoms with Crippen LogP contribution in [-0.4, -0.2) is 46.6 Å². The van der Waals surface area contributed by atoms with Gasteiger partial charge in [0.2, 0.25) is 10.0 Å². The number of phenolic OH excluding ortho intramolecular Hbond substituents is 1. The highest BCUT2D eigenvalue weighted by molar-refractivity contribution is 7.92. The van der Waals surface area contributed by atoms with E-state index in [9.17, 15) is 18.3 Å². The molecule has 0 aliphatic heterocycles. The predicted molar refractivity (Wildman–Crippen MR) is 129 cm³/mol. The lowest BCUT2D eigenvalue weighted by molar-refractivity contribution is 0.0494. The lowest BCUT2D eigenvalue weighted by Gasteiger charge is -2.18. The number of carbonyl (C=O) groups is 1. The summed E-state index contributed by atoms with van der Waals surface area (Å²) in [6.07, 6.45) is 6.29. The summed E-state index contributed by atoms with van der Waals surface area (Å²) >= 11 is 0. The molecule has 178 valence electrons. The summed E-state index contributed by atoms with van der Waals surface area (Å²) in [5, 5.41) is 10.5. The first kappa shape index (κ1) is 26.0. The van der Waals surface area contributed by atoms with E-state index in [0.29, 0.717) is 23.2 Å². The molecule has 2 aromatic carbocycles. The number of methoxy groups -OCH3 is 2. The fraction of sp³-hybridized carbons (Fsp3) is 0.292. The van der Waals surface area contributed by atoms with Gasteiger partial charge in [0, 0.05) is 24.4 Å². The van der Waals surface area contributed by atoms with E-state index in [1.165, 1.54) is 26.4 Å². The predicted octanol–water partition coefficient (Wildman–Crippen LogP) is 4.16. The molecule has 2 aromatic rings. The third-order valence-corrected chi connectivity index (χ3v) is 5.07. The molecule has 0 saturated heterocycles. The first-order chi connectivity index (χ1) is 15.6. The van der Waals surface area contributed by atoms with Crippen molar-refractivity contribution in [3.05, 3.63) is 64.7 Å². The zero-order valence-electron chi connectivity index (χ0n) is 19.3. The zero-order chi connectivity index (χ0) is 24.6. The molecular weight excluding hydrogens is 446 g/mol. The third kappa shape index (κ3) is 7.65. The highest BCUT2D eigenvalue weighted by Gasteiger charge is 2.24. The van der Waals surface area contributed by atoms with Crippen LogP contribution in [-0.2, 0) is 21.2 Å². The van der Waals surface area contributed by atoms with Crippen molar-refractivity contribution in [3.63, 3.8) is 0 Å². The topological polar surface area (TPSA) is 111 Å². The van der Waals surface area contributed by atoms with E-state index < -0.39 is 15.8 Å². The van der Waals surface area contributed by atoms with Gasteiger partial charge in [-0.3, -0.25) is 9.52 Å². The van der Waals surface area contributed by atoms with Crippen LogP contribution in [0, 0.1) is 0 Å². The maximum absolute atomic E-state index is 13.2. The summed E-state index contributed by atoms with van der Waals surface area (Å²) in [6, 6.07) is 7.93. The van der Waals surface area contributed by atoms with Gasteiger partial charge in [0.15, 0.2) is 12.6 Å². The average Bonchev–Trinajstić information content (AvgIpc) is 2.74. The van der Waals surface area contributed by atoms with Crippen molar-refractivity contribution in [2.75, 3.05) is 32.0 Å². The number of aromatic hydroxyl groups is 1. The Kier molecular flexibility index (Phi) is 9.07. The van der Waals surface area contributed by atoms with E-state index in [4.69, 9.17) is 14.2 Å². The zero-order valence-corrected chi connectivity index (χ0v) is 20.2. The van der Waals surface area contributed by atoms with Crippen LogP contribution < -0.4 is 14.2 Å². The molecule has 33 heavy (non-hydrogen) atoms. The number of ketones is 1. The second-order valence-electron chi connectivity index (χ2n) is 7.51. The number of phenols is 1. The summed E-state index contributed by atoms with van der Waals surface area (Å²) in [4.78, 5) is 13.2. The molecule has 0 aromatic heterocycles. The number of ether oxygens (including phenoxy) is 3. The van der Waals surface area contributed by atoms with Crippen LogP contribution in [0.25, 0.3) is 6.08 Å². The number of rotatable bonds is 11. The largest absolute Gasteiger partial charge is 0.507 e. The molecule has 0 aliphatic carbocycles. The minimum absolute atomic E-state index is 0.0510. The van der Waals surface area contributed by atoms with Crippen molar-refractivity contribution in [3.8, 4) is 17.2 Å². The van der Waals surface area contributed by atoms with Crippen molar-refractivity contribution < 1.29 is 32.5 Å². The van der Waals surface area contributed by atoms with Gasteiger partial charge in [0.25, 0.3) is 0 Å². The Morgan fingerprint density at radius 2 is 1.82 bits per heavy atom. The summed E-state index contributed by atoms with van der Waals surface area (Å²) < 4.78 is 41.1. The smallest absolute Gasteiger partial charge is 0.229 e. The van der Waals surface area contributed by atoms with Gasteiger partial charge < -0.3 is 19.3 Å². The normalized spacial score (nSPS) is 11.3. The van der Waals surface area contributed by atoms with Gasteiger partial charge in [-0.05, 0) is 44.0 Å². The molecule has 2 rings (SSSR count). The number of hydrogen-bond acceptors (Lipinski definition) is 7. The summed E-state index contributed by atoms with van der Waals surface area (Å²) in [7, 11) is -0.515. The Bertz CT molecular complexity index is 1150. The molecule has 0 heterocycles. The number of nitrogens with one attached hydrogen (secondary N) is 1. The minimum Gasteiger partial charge on any atom is -0.507 e. The highest BCUT2D eigenvalue weighted by atomic mass is 32.2. The fourth-order valence-corrected chi connectivity index (χ4v) is 3.53. The van der Waals surface area contributed by atoms with Crippen LogP contribution in [0.1, 0.15) is 35.3 Å². The Labute approximate surface area is 194 Å². The average molecular weight is 476 g/mol. The van der Waals surface area contributed by atoms with Gasteiger partial charge in [0.05, 0.1) is 13.4 Å². The number of hydrogen-bond donors (Lipinski definition) is 2. The fourth-order valence-electron chi connectivity index (χ4n) is 2.97. The summed E-state index contributed by atoms with van der Waals surface area (Å²) in [5.74, 6) is -0.0878. The second kappa shape index (κ2) is 11.5. The van der Waals surface area contributed by atoms with Gasteiger partial charge >= 0.3 is 0 Å². The standard InChI is InChI=1S/C24H29NO7S/c1-16(2)6-12-19-21(27)14-22(31-4)23(24(19)32-15-30-3)20(26)13-9-17-7-10-18(11-8-17)25-33(5,28)29/h6-11,13-14,25,27H,12,15H2,1-5H3/b13-9+. The van der Waals surface area contributed by atoms with Crippen LogP contribution in [0.2, 0.25) is 0 Å². The van der Waals surface area contributed by atoms with Crippen molar-refractivity contribution in [1.82, 2.24) is 0 Å². The molecule has 0 saturated carbocycles. The first-order valence-corrected chi connectivity index (χ1v) is 11.9. The SMILES string of the molecule is COCOc1c(CC=C(C)C)c(O)cc(OC)c1C(=O)/C=C/c1ccc(NS(C)(=O)=O)cc1. The molecule has 0 fully saturated rings. The number of allylic oxidation sites excluding steroid dienone is 3. The molecule has 0 atom stereocenters. The monoisotopic (exact) mass is 475 g/mol. The quantitative estimate of drug-likeness (QED) is 0.217. The Morgan fingerprint density at radius 3 is 2.36 bits per heavy atom. The Balaban J connectivity index is 2.44. The molecule has 0 radical (unpaired) electrons. The maximum Gasteiger partial charge on any atom is 0.229 e. The number of carbonyl (C=O) groups excluding carboxylic acids is 1. The van der Waals surface area contributed by atoms with Crippen LogP contribution in [0.4, 0.5) is 5.69 Å². The van der Waals surface area contributed by atoms with E-state index in [2.05, 4.69) is 4.72 Å². The van der Waals surface area contributed by atoms with Gasteiger partial charge in [0.1, 0.15) is 22.8 Å². The minimum atomic E-state index is -3.37. The van der Waals surface area contributed by atoms with Gasteiger partial charge in [-0.15, -0.1) is 0 Å². The van der Waals surface area contributed by atoms with Gasteiger partial charge in [-0.25, -0.2) is 8.42 Å². The maximum atomic E-state index is 13.2. The van der Waals surface area contributed by atoms with Crippen molar-refractivity contribution >= 4 is 27.6 Å². The molecule has 0 spiro atoms.